The predicted octanol–water partition coefficient (Wildman–Crippen LogP) is 4.00. The van der Waals surface area contributed by atoms with Gasteiger partial charge in [-0.2, -0.15) is 0 Å². The van der Waals surface area contributed by atoms with Gasteiger partial charge < -0.3 is 15.8 Å². The van der Waals surface area contributed by atoms with Crippen LogP contribution in [0.4, 0.5) is 5.69 Å². The Bertz CT molecular complexity index is 479. The molecular formula is C17H28IN3O. The number of hydrogen-bond donors (Lipinski definition) is 2. The summed E-state index contributed by atoms with van der Waals surface area (Å²) in [6.45, 7) is 3.73. The van der Waals surface area contributed by atoms with Crippen LogP contribution in [0.25, 0.3) is 0 Å². The Morgan fingerprint density at radius 1 is 1.36 bits per heavy atom. The van der Waals surface area contributed by atoms with E-state index in [1.807, 2.05) is 24.3 Å². The van der Waals surface area contributed by atoms with E-state index in [0.29, 0.717) is 18.5 Å². The molecule has 22 heavy (non-hydrogen) atoms. The Labute approximate surface area is 150 Å². The van der Waals surface area contributed by atoms with Gasteiger partial charge in [-0.25, -0.2) is 0 Å². The number of anilines is 1. The second-order valence-corrected chi connectivity index (χ2v) is 6.08. The molecule has 2 atom stereocenters. The first-order valence-electron chi connectivity index (χ1n) is 7.82. The predicted molar refractivity (Wildman–Crippen MR) is 104 cm³/mol. The number of methoxy groups -OCH3 is 1. The van der Waals surface area contributed by atoms with Gasteiger partial charge in [0.25, 0.3) is 0 Å². The second-order valence-electron chi connectivity index (χ2n) is 6.08. The molecule has 5 heteroatoms. The highest BCUT2D eigenvalue weighted by Gasteiger charge is 2.18. The van der Waals surface area contributed by atoms with Crippen molar-refractivity contribution >= 4 is 35.6 Å². The summed E-state index contributed by atoms with van der Waals surface area (Å²) in [5.74, 6) is 2.01. The Morgan fingerprint density at radius 3 is 2.86 bits per heavy atom. The lowest BCUT2D eigenvalue weighted by molar-refractivity contribution is 0.185. The molecule has 1 aliphatic rings. The van der Waals surface area contributed by atoms with Gasteiger partial charge in [0.05, 0.1) is 6.61 Å². The minimum Gasteiger partial charge on any atom is -0.380 e. The maximum Gasteiger partial charge on any atom is 0.193 e. The number of rotatable bonds is 5. The van der Waals surface area contributed by atoms with Gasteiger partial charge in [0.15, 0.2) is 5.96 Å². The second kappa shape index (κ2) is 10.0. The number of nitrogens with two attached hydrogens (primary N) is 1. The monoisotopic (exact) mass is 417 g/mol. The SMILES string of the molecule is COCc1ccccc1NC(N)=NCC1CCCC(C)C1.I. The number of guanidine groups is 1. The summed E-state index contributed by atoms with van der Waals surface area (Å²) in [6, 6.07) is 8.01. The first kappa shape index (κ1) is 19.2. The van der Waals surface area contributed by atoms with Crippen LogP contribution in [-0.4, -0.2) is 19.6 Å². The zero-order valence-corrected chi connectivity index (χ0v) is 15.9. The first-order valence-corrected chi connectivity index (χ1v) is 7.82. The van der Waals surface area contributed by atoms with E-state index in [2.05, 4.69) is 17.2 Å². The molecule has 0 saturated heterocycles. The van der Waals surface area contributed by atoms with Crippen LogP contribution in [0, 0.1) is 11.8 Å². The molecule has 0 aliphatic heterocycles. The Morgan fingerprint density at radius 2 is 2.14 bits per heavy atom. The van der Waals surface area contributed by atoms with Crippen LogP contribution in [-0.2, 0) is 11.3 Å². The number of hydrogen-bond acceptors (Lipinski definition) is 2. The Hall–Kier alpha value is -0.820. The third kappa shape index (κ3) is 6.12. The molecule has 4 nitrogen and oxygen atoms in total. The summed E-state index contributed by atoms with van der Waals surface area (Å²) in [4.78, 5) is 4.52. The molecule has 0 aromatic heterocycles. The lowest BCUT2D eigenvalue weighted by Crippen LogP contribution is -2.25. The van der Waals surface area contributed by atoms with E-state index in [1.165, 1.54) is 25.7 Å². The molecule has 1 fully saturated rings. The minimum absolute atomic E-state index is 0. The quantitative estimate of drug-likeness (QED) is 0.433. The summed E-state index contributed by atoms with van der Waals surface area (Å²) < 4.78 is 5.20. The Balaban J connectivity index is 0.00000242. The summed E-state index contributed by atoms with van der Waals surface area (Å²) >= 11 is 0. The third-order valence-corrected chi connectivity index (χ3v) is 4.14. The number of halogens is 1. The van der Waals surface area contributed by atoms with Gasteiger partial charge in [0.1, 0.15) is 0 Å². The summed E-state index contributed by atoms with van der Waals surface area (Å²) in [5, 5.41) is 3.19. The molecule has 0 amide bonds. The molecule has 1 aliphatic carbocycles. The molecule has 0 radical (unpaired) electrons. The van der Waals surface area contributed by atoms with E-state index in [-0.39, 0.29) is 24.0 Å². The van der Waals surface area contributed by atoms with Crippen molar-refractivity contribution in [1.29, 1.82) is 0 Å². The van der Waals surface area contributed by atoms with Crippen molar-refractivity contribution in [3.8, 4) is 0 Å². The summed E-state index contributed by atoms with van der Waals surface area (Å²) in [6.07, 6.45) is 5.24. The lowest BCUT2D eigenvalue weighted by atomic mass is 9.82. The molecule has 3 N–H and O–H groups in total. The van der Waals surface area contributed by atoms with Gasteiger partial charge in [-0.3, -0.25) is 4.99 Å². The fourth-order valence-corrected chi connectivity index (χ4v) is 3.05. The fourth-order valence-electron chi connectivity index (χ4n) is 3.05. The molecule has 1 aromatic carbocycles. The maximum atomic E-state index is 6.02. The van der Waals surface area contributed by atoms with Crippen LogP contribution < -0.4 is 11.1 Å². The van der Waals surface area contributed by atoms with E-state index < -0.39 is 0 Å². The van der Waals surface area contributed by atoms with Gasteiger partial charge in [0, 0.05) is 24.9 Å². The average Bonchev–Trinajstić information content (AvgIpc) is 2.48. The number of aliphatic imine (C=N–C) groups is 1. The van der Waals surface area contributed by atoms with Crippen molar-refractivity contribution in [3.05, 3.63) is 29.8 Å². The summed E-state index contributed by atoms with van der Waals surface area (Å²) in [5.41, 5.74) is 8.08. The number of ether oxygens (including phenoxy) is 1. The van der Waals surface area contributed by atoms with Gasteiger partial charge >= 0.3 is 0 Å². The molecular weight excluding hydrogens is 389 g/mol. The van der Waals surface area contributed by atoms with Gasteiger partial charge in [0.2, 0.25) is 0 Å². The fraction of sp³-hybridized carbons (Fsp3) is 0.588. The zero-order valence-electron chi connectivity index (χ0n) is 13.5. The molecule has 0 bridgehead atoms. The van der Waals surface area contributed by atoms with E-state index >= 15 is 0 Å². The number of nitrogens with zero attached hydrogens (tertiary/aromatic N) is 1. The van der Waals surface area contributed by atoms with E-state index in [0.717, 1.165) is 23.7 Å². The topological polar surface area (TPSA) is 59.6 Å². The molecule has 2 rings (SSSR count). The molecule has 1 saturated carbocycles. The van der Waals surface area contributed by atoms with Gasteiger partial charge in [-0.05, 0) is 30.7 Å². The van der Waals surface area contributed by atoms with Crippen molar-refractivity contribution in [2.75, 3.05) is 19.0 Å². The maximum absolute atomic E-state index is 6.02. The van der Waals surface area contributed by atoms with Gasteiger partial charge in [-0.15, -0.1) is 24.0 Å². The van der Waals surface area contributed by atoms with Crippen molar-refractivity contribution < 1.29 is 4.74 Å². The molecule has 0 heterocycles. The Kier molecular flexibility index (Phi) is 8.78. The number of para-hydroxylation sites is 1. The summed E-state index contributed by atoms with van der Waals surface area (Å²) in [7, 11) is 1.69. The van der Waals surface area contributed by atoms with Gasteiger partial charge in [-0.1, -0.05) is 38.0 Å². The minimum atomic E-state index is 0. The van der Waals surface area contributed by atoms with Crippen molar-refractivity contribution in [2.24, 2.45) is 22.6 Å². The van der Waals surface area contributed by atoms with Crippen LogP contribution in [0.3, 0.4) is 0 Å². The molecule has 0 spiro atoms. The van der Waals surface area contributed by atoms with Crippen molar-refractivity contribution in [3.63, 3.8) is 0 Å². The lowest BCUT2D eigenvalue weighted by Gasteiger charge is -2.25. The van der Waals surface area contributed by atoms with E-state index in [1.54, 1.807) is 7.11 Å². The van der Waals surface area contributed by atoms with Crippen molar-refractivity contribution in [1.82, 2.24) is 0 Å². The van der Waals surface area contributed by atoms with Crippen LogP contribution in [0.1, 0.15) is 38.2 Å². The largest absolute Gasteiger partial charge is 0.380 e. The molecule has 2 unspecified atom stereocenters. The number of nitrogens with one attached hydrogen (secondary N) is 1. The van der Waals surface area contributed by atoms with Crippen LogP contribution >= 0.6 is 24.0 Å². The highest BCUT2D eigenvalue weighted by Crippen LogP contribution is 2.28. The molecule has 124 valence electrons. The average molecular weight is 417 g/mol. The number of benzene rings is 1. The smallest absolute Gasteiger partial charge is 0.193 e. The highest BCUT2D eigenvalue weighted by molar-refractivity contribution is 14.0. The van der Waals surface area contributed by atoms with E-state index in [9.17, 15) is 0 Å². The standard InChI is InChI=1S/C17H27N3O.HI/c1-13-6-5-7-14(10-13)11-19-17(18)20-16-9-4-3-8-15(16)12-21-2;/h3-4,8-9,13-14H,5-7,10-12H2,1-2H3,(H3,18,19,20);1H. The molecule has 1 aromatic rings. The van der Waals surface area contributed by atoms with Crippen molar-refractivity contribution in [2.45, 2.75) is 39.2 Å². The van der Waals surface area contributed by atoms with Crippen LogP contribution in [0.2, 0.25) is 0 Å². The first-order chi connectivity index (χ1) is 10.2. The zero-order chi connectivity index (χ0) is 15.1. The van der Waals surface area contributed by atoms with E-state index in [4.69, 9.17) is 10.5 Å². The van der Waals surface area contributed by atoms with Crippen LogP contribution in [0.15, 0.2) is 29.3 Å². The van der Waals surface area contributed by atoms with Crippen LogP contribution in [0.5, 0.6) is 0 Å². The highest BCUT2D eigenvalue weighted by atomic mass is 127. The third-order valence-electron chi connectivity index (χ3n) is 4.14. The normalized spacial score (nSPS) is 22.0.